The van der Waals surface area contributed by atoms with Crippen molar-refractivity contribution in [3.8, 4) is 0 Å². The van der Waals surface area contributed by atoms with Crippen LogP contribution >= 0.6 is 0 Å². The molecular weight excluding hydrogens is 230 g/mol. The van der Waals surface area contributed by atoms with E-state index in [0.29, 0.717) is 25.5 Å². The van der Waals surface area contributed by atoms with Gasteiger partial charge in [-0.15, -0.1) is 0 Å². The van der Waals surface area contributed by atoms with E-state index in [1.165, 1.54) is 0 Å². The standard InChI is InChI=1S/C14H17NO3/c1-11-12(2)18-14(16)15(11)8-9-17-10-13-6-4-3-5-7-13/h3-7H,8-10H2,1-2H3. The minimum absolute atomic E-state index is 0.312. The highest BCUT2D eigenvalue weighted by Gasteiger charge is 2.08. The molecule has 0 aliphatic carbocycles. The van der Waals surface area contributed by atoms with Gasteiger partial charge in [0.25, 0.3) is 0 Å². The minimum Gasteiger partial charge on any atom is -0.413 e. The Morgan fingerprint density at radius 3 is 2.56 bits per heavy atom. The van der Waals surface area contributed by atoms with E-state index in [1.807, 2.05) is 37.3 Å². The van der Waals surface area contributed by atoms with Crippen LogP contribution in [0, 0.1) is 13.8 Å². The fourth-order valence-electron chi connectivity index (χ4n) is 1.77. The lowest BCUT2D eigenvalue weighted by Crippen LogP contribution is -2.18. The van der Waals surface area contributed by atoms with E-state index in [2.05, 4.69) is 0 Å². The van der Waals surface area contributed by atoms with E-state index < -0.39 is 0 Å². The lowest BCUT2D eigenvalue weighted by atomic mass is 10.2. The Morgan fingerprint density at radius 1 is 1.22 bits per heavy atom. The Kier molecular flexibility index (Phi) is 3.99. The highest BCUT2D eigenvalue weighted by molar-refractivity contribution is 5.13. The topological polar surface area (TPSA) is 44.4 Å². The third-order valence-electron chi connectivity index (χ3n) is 2.95. The van der Waals surface area contributed by atoms with Gasteiger partial charge < -0.3 is 9.15 Å². The third-order valence-corrected chi connectivity index (χ3v) is 2.95. The molecule has 2 rings (SSSR count). The molecule has 2 aromatic rings. The van der Waals surface area contributed by atoms with Gasteiger partial charge in [-0.2, -0.15) is 0 Å². The highest BCUT2D eigenvalue weighted by Crippen LogP contribution is 2.04. The Hall–Kier alpha value is -1.81. The van der Waals surface area contributed by atoms with Crippen molar-refractivity contribution in [1.29, 1.82) is 0 Å². The van der Waals surface area contributed by atoms with E-state index in [0.717, 1.165) is 11.3 Å². The molecule has 0 N–H and O–H groups in total. The molecule has 0 radical (unpaired) electrons. The van der Waals surface area contributed by atoms with Crippen molar-refractivity contribution in [3.63, 3.8) is 0 Å². The van der Waals surface area contributed by atoms with Crippen molar-refractivity contribution in [3.05, 3.63) is 57.9 Å². The summed E-state index contributed by atoms with van der Waals surface area (Å²) in [5, 5.41) is 0. The maximum atomic E-state index is 11.5. The van der Waals surface area contributed by atoms with Gasteiger partial charge in [-0.3, -0.25) is 4.57 Å². The number of aryl methyl sites for hydroxylation is 1. The fraction of sp³-hybridized carbons (Fsp3) is 0.357. The molecule has 1 aromatic carbocycles. The highest BCUT2D eigenvalue weighted by atomic mass is 16.5. The molecule has 1 heterocycles. The van der Waals surface area contributed by atoms with Crippen LogP contribution in [0.1, 0.15) is 17.0 Å². The molecule has 0 saturated carbocycles. The van der Waals surface area contributed by atoms with Crippen LogP contribution < -0.4 is 5.76 Å². The molecule has 1 aromatic heterocycles. The van der Waals surface area contributed by atoms with Gasteiger partial charge in [0, 0.05) is 0 Å². The summed E-state index contributed by atoms with van der Waals surface area (Å²) >= 11 is 0. The van der Waals surface area contributed by atoms with Crippen LogP contribution in [0.25, 0.3) is 0 Å². The molecule has 0 aliphatic heterocycles. The number of hydrogen-bond donors (Lipinski definition) is 0. The van der Waals surface area contributed by atoms with Crippen LogP contribution in [0.3, 0.4) is 0 Å². The van der Waals surface area contributed by atoms with E-state index in [4.69, 9.17) is 9.15 Å². The molecule has 0 amide bonds. The van der Waals surface area contributed by atoms with E-state index >= 15 is 0 Å². The first-order valence-corrected chi connectivity index (χ1v) is 5.97. The van der Waals surface area contributed by atoms with Crippen molar-refractivity contribution in [1.82, 2.24) is 4.57 Å². The average molecular weight is 247 g/mol. The van der Waals surface area contributed by atoms with Gasteiger partial charge in [-0.1, -0.05) is 30.3 Å². The largest absolute Gasteiger partial charge is 0.419 e. The maximum Gasteiger partial charge on any atom is 0.419 e. The minimum atomic E-state index is -0.312. The molecule has 0 spiro atoms. The smallest absolute Gasteiger partial charge is 0.413 e. The van der Waals surface area contributed by atoms with E-state index in [9.17, 15) is 4.79 Å². The molecule has 0 aliphatic rings. The molecule has 0 atom stereocenters. The summed E-state index contributed by atoms with van der Waals surface area (Å²) in [4.78, 5) is 11.5. The molecule has 0 bridgehead atoms. The number of ether oxygens (including phenoxy) is 1. The van der Waals surface area contributed by atoms with Crippen molar-refractivity contribution in [2.24, 2.45) is 0 Å². The molecule has 4 nitrogen and oxygen atoms in total. The molecule has 18 heavy (non-hydrogen) atoms. The molecule has 0 unspecified atom stereocenters. The van der Waals surface area contributed by atoms with Gasteiger partial charge in [0.15, 0.2) is 0 Å². The van der Waals surface area contributed by atoms with Gasteiger partial charge in [-0.05, 0) is 19.4 Å². The molecule has 96 valence electrons. The first kappa shape index (κ1) is 12.6. The zero-order valence-corrected chi connectivity index (χ0v) is 10.7. The number of rotatable bonds is 5. The lowest BCUT2D eigenvalue weighted by Gasteiger charge is -2.05. The zero-order valence-electron chi connectivity index (χ0n) is 10.7. The number of hydrogen-bond acceptors (Lipinski definition) is 3. The van der Waals surface area contributed by atoms with Crippen LogP contribution in [0.5, 0.6) is 0 Å². The number of oxazole rings is 1. The summed E-state index contributed by atoms with van der Waals surface area (Å²) in [5.74, 6) is 0.358. The Balaban J connectivity index is 1.84. The summed E-state index contributed by atoms with van der Waals surface area (Å²) in [6.45, 7) is 5.24. The van der Waals surface area contributed by atoms with Crippen molar-refractivity contribution < 1.29 is 9.15 Å². The molecule has 4 heteroatoms. The van der Waals surface area contributed by atoms with Crippen LogP contribution in [-0.2, 0) is 17.9 Å². The number of aromatic nitrogens is 1. The fourth-order valence-corrected chi connectivity index (χ4v) is 1.77. The maximum absolute atomic E-state index is 11.5. The van der Waals surface area contributed by atoms with Gasteiger partial charge in [0.05, 0.1) is 25.5 Å². The first-order chi connectivity index (χ1) is 8.68. The van der Waals surface area contributed by atoms with Crippen LogP contribution in [0.15, 0.2) is 39.5 Å². The van der Waals surface area contributed by atoms with Crippen molar-refractivity contribution in [2.75, 3.05) is 6.61 Å². The van der Waals surface area contributed by atoms with Crippen molar-refractivity contribution >= 4 is 0 Å². The van der Waals surface area contributed by atoms with Crippen molar-refractivity contribution in [2.45, 2.75) is 27.0 Å². The normalized spacial score (nSPS) is 10.8. The van der Waals surface area contributed by atoms with Crippen LogP contribution in [0.2, 0.25) is 0 Å². The molecule has 0 saturated heterocycles. The van der Waals surface area contributed by atoms with E-state index in [-0.39, 0.29) is 5.76 Å². The Bertz CT molecular complexity index is 554. The van der Waals surface area contributed by atoms with Crippen LogP contribution in [-0.4, -0.2) is 11.2 Å². The van der Waals surface area contributed by atoms with Crippen LogP contribution in [0.4, 0.5) is 0 Å². The Labute approximate surface area is 106 Å². The summed E-state index contributed by atoms with van der Waals surface area (Å²) in [6.07, 6.45) is 0. The van der Waals surface area contributed by atoms with Gasteiger partial charge in [0.2, 0.25) is 0 Å². The predicted octanol–water partition coefficient (Wildman–Crippen LogP) is 2.27. The van der Waals surface area contributed by atoms with E-state index in [1.54, 1.807) is 11.5 Å². The second-order valence-corrected chi connectivity index (χ2v) is 4.20. The lowest BCUT2D eigenvalue weighted by molar-refractivity contribution is 0.111. The molecular formula is C14H17NO3. The van der Waals surface area contributed by atoms with Gasteiger partial charge in [0.1, 0.15) is 5.76 Å². The Morgan fingerprint density at radius 2 is 1.94 bits per heavy atom. The predicted molar refractivity (Wildman–Crippen MR) is 68.5 cm³/mol. The zero-order chi connectivity index (χ0) is 13.0. The van der Waals surface area contributed by atoms with Gasteiger partial charge >= 0.3 is 5.76 Å². The average Bonchev–Trinajstić information content (AvgIpc) is 2.61. The number of nitrogens with zero attached hydrogens (tertiary/aromatic N) is 1. The summed E-state index contributed by atoms with van der Waals surface area (Å²) in [7, 11) is 0. The summed E-state index contributed by atoms with van der Waals surface area (Å²) in [6, 6.07) is 9.96. The summed E-state index contributed by atoms with van der Waals surface area (Å²) in [5.41, 5.74) is 1.99. The van der Waals surface area contributed by atoms with Gasteiger partial charge in [-0.25, -0.2) is 4.79 Å². The SMILES string of the molecule is Cc1oc(=O)n(CCOCc2ccccc2)c1C. The first-order valence-electron chi connectivity index (χ1n) is 5.97. The quantitative estimate of drug-likeness (QED) is 0.761. The molecule has 0 fully saturated rings. The number of benzene rings is 1. The monoisotopic (exact) mass is 247 g/mol. The second kappa shape index (κ2) is 5.69. The third kappa shape index (κ3) is 2.90. The second-order valence-electron chi connectivity index (χ2n) is 4.20. The summed E-state index contributed by atoms with van der Waals surface area (Å²) < 4.78 is 12.2.